The molecule has 3 heterocycles. The van der Waals surface area contributed by atoms with Crippen LogP contribution in [0.25, 0.3) is 10.2 Å². The van der Waals surface area contributed by atoms with Gasteiger partial charge in [-0.2, -0.15) is 0 Å². The van der Waals surface area contributed by atoms with Gasteiger partial charge in [0.15, 0.2) is 0 Å². The van der Waals surface area contributed by atoms with E-state index in [0.717, 1.165) is 25.0 Å². The van der Waals surface area contributed by atoms with E-state index in [-0.39, 0.29) is 30.0 Å². The molecule has 2 amide bonds. The number of aryl methyl sites for hydroxylation is 2. The molecule has 168 valence electrons. The molecule has 0 saturated carbocycles. The summed E-state index contributed by atoms with van der Waals surface area (Å²) in [4.78, 5) is 43.3. The Morgan fingerprint density at radius 1 is 1.34 bits per heavy atom. The van der Waals surface area contributed by atoms with Crippen molar-refractivity contribution in [1.29, 1.82) is 0 Å². The second kappa shape index (κ2) is 9.40. The average molecular weight is 475 g/mol. The van der Waals surface area contributed by atoms with Gasteiger partial charge in [0, 0.05) is 23.9 Å². The van der Waals surface area contributed by atoms with E-state index in [0.29, 0.717) is 37.9 Å². The molecule has 3 aromatic rings. The number of nitrogens with one attached hydrogen (secondary N) is 2. The van der Waals surface area contributed by atoms with Crippen molar-refractivity contribution in [2.75, 3.05) is 18.5 Å². The molecule has 1 atom stereocenters. The maximum atomic E-state index is 13.0. The van der Waals surface area contributed by atoms with Gasteiger partial charge in [0.25, 0.3) is 11.5 Å². The zero-order valence-corrected chi connectivity index (χ0v) is 19.3. The van der Waals surface area contributed by atoms with Gasteiger partial charge in [0.2, 0.25) is 5.91 Å². The largest absolute Gasteiger partial charge is 0.376 e. The van der Waals surface area contributed by atoms with Gasteiger partial charge in [-0.3, -0.25) is 19.0 Å². The van der Waals surface area contributed by atoms with Gasteiger partial charge in [0.1, 0.15) is 11.4 Å². The van der Waals surface area contributed by atoms with E-state index in [4.69, 9.17) is 16.3 Å². The van der Waals surface area contributed by atoms with Crippen molar-refractivity contribution in [2.24, 2.45) is 0 Å². The highest BCUT2D eigenvalue weighted by Gasteiger charge is 2.22. The lowest BCUT2D eigenvalue weighted by molar-refractivity contribution is -0.116. The predicted molar refractivity (Wildman–Crippen MR) is 125 cm³/mol. The normalized spacial score (nSPS) is 15.8. The number of anilines is 1. The molecule has 32 heavy (non-hydrogen) atoms. The molecule has 1 saturated heterocycles. The monoisotopic (exact) mass is 474 g/mol. The van der Waals surface area contributed by atoms with Crippen molar-refractivity contribution in [3.63, 3.8) is 0 Å². The minimum absolute atomic E-state index is 0.0333. The van der Waals surface area contributed by atoms with Crippen LogP contribution in [-0.4, -0.2) is 40.6 Å². The van der Waals surface area contributed by atoms with Crippen LogP contribution in [0.3, 0.4) is 0 Å². The molecule has 2 N–H and O–H groups in total. The number of amides is 2. The Balaban J connectivity index is 1.51. The second-order valence-corrected chi connectivity index (χ2v) is 9.18. The molecule has 8 nitrogen and oxygen atoms in total. The minimum atomic E-state index is -0.379. The van der Waals surface area contributed by atoms with Crippen LogP contribution >= 0.6 is 22.9 Å². The molecule has 1 aliphatic rings. The predicted octanol–water partition coefficient (Wildman–Crippen LogP) is 3.28. The van der Waals surface area contributed by atoms with E-state index >= 15 is 0 Å². The molecule has 0 aliphatic carbocycles. The summed E-state index contributed by atoms with van der Waals surface area (Å²) >= 11 is 7.27. The Kier molecular flexibility index (Phi) is 6.59. The van der Waals surface area contributed by atoms with Gasteiger partial charge in [-0.15, -0.1) is 11.3 Å². The van der Waals surface area contributed by atoms with Crippen LogP contribution in [0.1, 0.15) is 33.6 Å². The number of nitrogens with zero attached hydrogens (tertiary/aromatic N) is 2. The summed E-state index contributed by atoms with van der Waals surface area (Å²) in [7, 11) is 0. The SMILES string of the molecule is Cc1ccc(NC(=O)Cn2cnc3sc(C(=O)NC[C@H]4CCCO4)c(C)c3c2=O)cc1Cl. The summed E-state index contributed by atoms with van der Waals surface area (Å²) in [6.07, 6.45) is 3.28. The summed E-state index contributed by atoms with van der Waals surface area (Å²) in [5.41, 5.74) is 1.65. The number of ether oxygens (including phenoxy) is 1. The van der Waals surface area contributed by atoms with Crippen molar-refractivity contribution >= 4 is 50.7 Å². The molecular weight excluding hydrogens is 452 g/mol. The number of hydrogen-bond donors (Lipinski definition) is 2. The van der Waals surface area contributed by atoms with Crippen LogP contribution in [0, 0.1) is 13.8 Å². The van der Waals surface area contributed by atoms with E-state index in [1.165, 1.54) is 22.2 Å². The molecule has 0 spiro atoms. The lowest BCUT2D eigenvalue weighted by Gasteiger charge is -2.10. The summed E-state index contributed by atoms with van der Waals surface area (Å²) < 4.78 is 6.77. The van der Waals surface area contributed by atoms with Crippen molar-refractivity contribution < 1.29 is 14.3 Å². The van der Waals surface area contributed by atoms with E-state index in [2.05, 4.69) is 15.6 Å². The molecule has 1 aromatic carbocycles. The Labute approximate surface area is 193 Å². The fourth-order valence-electron chi connectivity index (χ4n) is 3.61. The van der Waals surface area contributed by atoms with Gasteiger partial charge < -0.3 is 15.4 Å². The lowest BCUT2D eigenvalue weighted by Crippen LogP contribution is -2.31. The van der Waals surface area contributed by atoms with Crippen molar-refractivity contribution in [2.45, 2.75) is 39.3 Å². The first-order valence-corrected chi connectivity index (χ1v) is 11.5. The summed E-state index contributed by atoms with van der Waals surface area (Å²) in [5.74, 6) is -0.628. The van der Waals surface area contributed by atoms with Crippen molar-refractivity contribution in [3.8, 4) is 0 Å². The van der Waals surface area contributed by atoms with E-state index in [1.54, 1.807) is 25.1 Å². The Hall–Kier alpha value is -2.75. The zero-order chi connectivity index (χ0) is 22.8. The lowest BCUT2D eigenvalue weighted by atomic mass is 10.2. The first-order valence-electron chi connectivity index (χ1n) is 10.3. The van der Waals surface area contributed by atoms with E-state index in [1.807, 2.05) is 6.92 Å². The molecule has 0 unspecified atom stereocenters. The van der Waals surface area contributed by atoms with E-state index in [9.17, 15) is 14.4 Å². The number of carbonyl (C=O) groups is 2. The molecule has 2 aromatic heterocycles. The maximum Gasteiger partial charge on any atom is 0.262 e. The number of benzene rings is 1. The molecule has 0 radical (unpaired) electrons. The zero-order valence-electron chi connectivity index (χ0n) is 17.7. The molecule has 10 heteroatoms. The van der Waals surface area contributed by atoms with Gasteiger partial charge in [-0.25, -0.2) is 4.98 Å². The number of fused-ring (bicyclic) bond motifs is 1. The summed E-state index contributed by atoms with van der Waals surface area (Å²) in [6.45, 7) is 4.54. The number of aromatic nitrogens is 2. The van der Waals surface area contributed by atoms with Crippen molar-refractivity contribution in [1.82, 2.24) is 14.9 Å². The number of hydrogen-bond acceptors (Lipinski definition) is 6. The Bertz CT molecular complexity index is 1250. The first kappa shape index (κ1) is 22.4. The number of thiophene rings is 1. The highest BCUT2D eigenvalue weighted by Crippen LogP contribution is 2.27. The first-order chi connectivity index (χ1) is 15.3. The smallest absolute Gasteiger partial charge is 0.262 e. The quantitative estimate of drug-likeness (QED) is 0.570. The maximum absolute atomic E-state index is 13.0. The molecular formula is C22H23ClN4O4S. The number of rotatable bonds is 6. The third-order valence-corrected chi connectivity index (χ3v) is 7.01. The second-order valence-electron chi connectivity index (χ2n) is 7.77. The standard InChI is InChI=1S/C22H23ClN4O4S/c1-12-5-6-14(8-16(12)23)26-17(28)10-27-11-25-21-18(22(27)30)13(2)19(32-21)20(29)24-9-15-4-3-7-31-15/h5-6,8,11,15H,3-4,7,9-10H2,1-2H3,(H,24,29)(H,26,28)/t15-/m1/s1. The average Bonchev–Trinajstić information content (AvgIpc) is 3.39. The van der Waals surface area contributed by atoms with Crippen LogP contribution in [0.15, 0.2) is 29.3 Å². The van der Waals surface area contributed by atoms with Gasteiger partial charge in [-0.1, -0.05) is 17.7 Å². The van der Waals surface area contributed by atoms with Gasteiger partial charge in [0.05, 0.1) is 22.7 Å². The van der Waals surface area contributed by atoms with Crippen LogP contribution < -0.4 is 16.2 Å². The van der Waals surface area contributed by atoms with Gasteiger partial charge in [-0.05, 0) is 49.9 Å². The highest BCUT2D eigenvalue weighted by molar-refractivity contribution is 7.20. The third-order valence-electron chi connectivity index (χ3n) is 5.41. The van der Waals surface area contributed by atoms with Gasteiger partial charge >= 0.3 is 0 Å². The highest BCUT2D eigenvalue weighted by atomic mass is 35.5. The molecule has 4 rings (SSSR count). The van der Waals surface area contributed by atoms with Crippen LogP contribution in [0.2, 0.25) is 5.02 Å². The number of halogens is 1. The Morgan fingerprint density at radius 2 is 2.16 bits per heavy atom. The fourth-order valence-corrected chi connectivity index (χ4v) is 4.84. The van der Waals surface area contributed by atoms with Crippen molar-refractivity contribution in [3.05, 3.63) is 55.9 Å². The van der Waals surface area contributed by atoms with Crippen LogP contribution in [0.5, 0.6) is 0 Å². The molecule has 1 fully saturated rings. The molecule has 1 aliphatic heterocycles. The summed E-state index contributed by atoms with van der Waals surface area (Å²) in [6, 6.07) is 5.20. The third kappa shape index (κ3) is 4.69. The minimum Gasteiger partial charge on any atom is -0.376 e. The fraction of sp³-hybridized carbons (Fsp3) is 0.364. The topological polar surface area (TPSA) is 102 Å². The van der Waals surface area contributed by atoms with Crippen LogP contribution in [0.4, 0.5) is 5.69 Å². The summed E-state index contributed by atoms with van der Waals surface area (Å²) in [5, 5.41) is 6.51. The number of carbonyl (C=O) groups excluding carboxylic acids is 2. The molecule has 0 bridgehead atoms. The van der Waals surface area contributed by atoms with E-state index < -0.39 is 0 Å². The van der Waals surface area contributed by atoms with Crippen LogP contribution in [-0.2, 0) is 16.1 Å². The Morgan fingerprint density at radius 3 is 2.88 bits per heavy atom.